The van der Waals surface area contributed by atoms with E-state index in [1.165, 1.54) is 21.7 Å². The number of amides is 3. The zero-order chi connectivity index (χ0) is 22.9. The second-order valence-electron chi connectivity index (χ2n) is 7.67. The average Bonchev–Trinajstić information content (AvgIpc) is 3.32. The zero-order valence-corrected chi connectivity index (χ0v) is 17.7. The van der Waals surface area contributed by atoms with Crippen molar-refractivity contribution in [2.45, 2.75) is 13.5 Å². The van der Waals surface area contributed by atoms with E-state index >= 15 is 0 Å². The molecule has 0 saturated heterocycles. The number of hydrogen-bond donors (Lipinski definition) is 1. The van der Waals surface area contributed by atoms with Crippen LogP contribution in [0.5, 0.6) is 0 Å². The number of carbonyl (C=O) groups excluding carboxylic acids is 3. The van der Waals surface area contributed by atoms with Crippen molar-refractivity contribution in [3.63, 3.8) is 0 Å². The number of pyridine rings is 1. The summed E-state index contributed by atoms with van der Waals surface area (Å²) in [7, 11) is 0. The topological polar surface area (TPSA) is 97.2 Å². The highest BCUT2D eigenvalue weighted by Gasteiger charge is 2.36. The maximum Gasteiger partial charge on any atom is 0.261 e. The summed E-state index contributed by atoms with van der Waals surface area (Å²) in [5, 5.41) is 7.22. The first kappa shape index (κ1) is 20.3. The minimum atomic E-state index is -0.420. The Kier molecular flexibility index (Phi) is 5.02. The largest absolute Gasteiger partial charge is 0.306 e. The van der Waals surface area contributed by atoms with Crippen LogP contribution in [0.2, 0.25) is 0 Å². The highest BCUT2D eigenvalue weighted by atomic mass is 16.2. The maximum atomic E-state index is 13.0. The fraction of sp³-hybridized carbons (Fsp3) is 0.0800. The molecule has 3 amide bonds. The summed E-state index contributed by atoms with van der Waals surface area (Å²) in [6.07, 6.45) is 1.64. The summed E-state index contributed by atoms with van der Waals surface area (Å²) >= 11 is 0. The lowest BCUT2D eigenvalue weighted by Crippen LogP contribution is -2.29. The van der Waals surface area contributed by atoms with Crippen molar-refractivity contribution in [1.29, 1.82) is 0 Å². The molecule has 1 aliphatic rings. The van der Waals surface area contributed by atoms with Gasteiger partial charge in [-0.05, 0) is 42.8 Å². The number of rotatable bonds is 5. The predicted molar refractivity (Wildman–Crippen MR) is 121 cm³/mol. The quantitative estimate of drug-likeness (QED) is 0.481. The van der Waals surface area contributed by atoms with E-state index in [0.717, 1.165) is 5.56 Å². The number of nitrogens with zero attached hydrogens (tertiary/aromatic N) is 4. The average molecular weight is 437 g/mol. The minimum absolute atomic E-state index is 0.178. The van der Waals surface area contributed by atoms with Gasteiger partial charge in [0, 0.05) is 17.8 Å². The highest BCUT2D eigenvalue weighted by molar-refractivity contribution is 6.22. The van der Waals surface area contributed by atoms with Crippen molar-refractivity contribution >= 4 is 23.5 Å². The maximum absolute atomic E-state index is 13.0. The number of aromatic nitrogens is 3. The Labute approximate surface area is 189 Å². The Balaban J connectivity index is 1.40. The number of anilines is 1. The van der Waals surface area contributed by atoms with Crippen molar-refractivity contribution in [2.24, 2.45) is 0 Å². The van der Waals surface area contributed by atoms with E-state index in [9.17, 15) is 14.4 Å². The van der Waals surface area contributed by atoms with Gasteiger partial charge in [-0.1, -0.05) is 36.4 Å². The Morgan fingerprint density at radius 1 is 0.909 bits per heavy atom. The smallest absolute Gasteiger partial charge is 0.261 e. The van der Waals surface area contributed by atoms with Crippen LogP contribution in [0.25, 0.3) is 5.82 Å². The van der Waals surface area contributed by atoms with Gasteiger partial charge in [-0.25, -0.2) is 4.98 Å². The first-order chi connectivity index (χ1) is 16.0. The number of nitrogens with one attached hydrogen (secondary N) is 1. The molecule has 1 aliphatic heterocycles. The molecule has 0 aliphatic carbocycles. The molecule has 0 atom stereocenters. The van der Waals surface area contributed by atoms with E-state index in [4.69, 9.17) is 0 Å². The Morgan fingerprint density at radius 3 is 2.42 bits per heavy atom. The molecule has 0 spiro atoms. The van der Waals surface area contributed by atoms with Crippen LogP contribution < -0.4 is 5.32 Å². The summed E-state index contributed by atoms with van der Waals surface area (Å²) in [4.78, 5) is 44.2. The van der Waals surface area contributed by atoms with Crippen LogP contribution in [0.15, 0.2) is 79.0 Å². The third-order valence-electron chi connectivity index (χ3n) is 5.36. The molecule has 0 radical (unpaired) electrons. The first-order valence-corrected chi connectivity index (χ1v) is 10.3. The second kappa shape index (κ2) is 8.16. The molecule has 2 aromatic carbocycles. The fourth-order valence-corrected chi connectivity index (χ4v) is 3.77. The van der Waals surface area contributed by atoms with Crippen LogP contribution >= 0.6 is 0 Å². The van der Waals surface area contributed by atoms with Gasteiger partial charge in [0.2, 0.25) is 0 Å². The Morgan fingerprint density at radius 2 is 1.67 bits per heavy atom. The Hall–Kier alpha value is -4.59. The lowest BCUT2D eigenvalue weighted by molar-refractivity contribution is 0.0642. The van der Waals surface area contributed by atoms with Gasteiger partial charge in [-0.2, -0.15) is 9.78 Å². The van der Waals surface area contributed by atoms with Crippen molar-refractivity contribution < 1.29 is 14.4 Å². The number of imide groups is 1. The van der Waals surface area contributed by atoms with Crippen LogP contribution in [0.4, 0.5) is 5.82 Å². The Bertz CT molecular complexity index is 1380. The molecule has 8 nitrogen and oxygen atoms in total. The second-order valence-corrected chi connectivity index (χ2v) is 7.67. The monoisotopic (exact) mass is 437 g/mol. The molecule has 5 rings (SSSR count). The zero-order valence-electron chi connectivity index (χ0n) is 17.7. The van der Waals surface area contributed by atoms with Crippen molar-refractivity contribution in [3.8, 4) is 5.82 Å². The van der Waals surface area contributed by atoms with E-state index < -0.39 is 11.8 Å². The van der Waals surface area contributed by atoms with Gasteiger partial charge in [-0.15, -0.1) is 0 Å². The summed E-state index contributed by atoms with van der Waals surface area (Å²) < 4.78 is 1.54. The van der Waals surface area contributed by atoms with Gasteiger partial charge in [0.05, 0.1) is 23.4 Å². The van der Waals surface area contributed by atoms with Crippen molar-refractivity contribution in [1.82, 2.24) is 19.7 Å². The summed E-state index contributed by atoms with van der Waals surface area (Å²) in [5.74, 6) is -0.189. The van der Waals surface area contributed by atoms with Crippen molar-refractivity contribution in [3.05, 3.63) is 107 Å². The van der Waals surface area contributed by atoms with Crippen LogP contribution in [-0.2, 0) is 6.54 Å². The molecule has 0 fully saturated rings. The molecule has 162 valence electrons. The van der Waals surface area contributed by atoms with Gasteiger partial charge in [0.1, 0.15) is 5.82 Å². The van der Waals surface area contributed by atoms with Crippen LogP contribution in [-0.4, -0.2) is 37.4 Å². The minimum Gasteiger partial charge on any atom is -0.306 e. The van der Waals surface area contributed by atoms with Gasteiger partial charge in [0.15, 0.2) is 5.82 Å². The predicted octanol–water partition coefficient (Wildman–Crippen LogP) is 3.62. The number of fused-ring (bicyclic) bond motifs is 1. The van der Waals surface area contributed by atoms with Crippen LogP contribution in [0, 0.1) is 6.92 Å². The molecule has 1 N–H and O–H groups in total. The molecule has 2 aromatic heterocycles. The van der Waals surface area contributed by atoms with Crippen molar-refractivity contribution in [2.75, 3.05) is 5.32 Å². The fourth-order valence-electron chi connectivity index (χ4n) is 3.77. The highest BCUT2D eigenvalue weighted by Crippen LogP contribution is 2.26. The van der Waals surface area contributed by atoms with Crippen LogP contribution in [0.1, 0.15) is 42.3 Å². The molecule has 8 heteroatoms. The summed E-state index contributed by atoms with van der Waals surface area (Å²) in [5.41, 5.74) is 2.34. The SMILES string of the molecule is Cc1cc(NC(=O)c2ccc3c(c2)C(=O)N(Cc2ccccc2)C3=O)n(-c2ccccn2)n1. The third kappa shape index (κ3) is 3.78. The molecule has 3 heterocycles. The lowest BCUT2D eigenvalue weighted by atomic mass is 10.1. The van der Waals surface area contributed by atoms with Gasteiger partial charge >= 0.3 is 0 Å². The molecular weight excluding hydrogens is 418 g/mol. The van der Waals surface area contributed by atoms with Gasteiger partial charge < -0.3 is 5.32 Å². The standard InChI is InChI=1S/C25H19N5O3/c1-16-13-22(30(28-16)21-9-5-6-12-26-21)27-23(31)18-10-11-19-20(14-18)25(33)29(24(19)32)15-17-7-3-2-4-8-17/h2-14H,15H2,1H3,(H,27,31). The van der Waals surface area contributed by atoms with E-state index in [0.29, 0.717) is 22.9 Å². The van der Waals surface area contributed by atoms with Gasteiger partial charge in [0.25, 0.3) is 17.7 Å². The summed E-state index contributed by atoms with van der Waals surface area (Å²) in [6.45, 7) is 1.99. The number of hydrogen-bond acceptors (Lipinski definition) is 5. The van der Waals surface area contributed by atoms with E-state index in [2.05, 4.69) is 15.4 Å². The van der Waals surface area contributed by atoms with E-state index in [1.54, 1.807) is 30.5 Å². The van der Waals surface area contributed by atoms with E-state index in [-0.39, 0.29) is 23.6 Å². The van der Waals surface area contributed by atoms with Gasteiger partial charge in [-0.3, -0.25) is 19.3 Å². The summed E-state index contributed by atoms with van der Waals surface area (Å²) in [6, 6.07) is 21.0. The van der Waals surface area contributed by atoms with Crippen LogP contribution in [0.3, 0.4) is 0 Å². The third-order valence-corrected chi connectivity index (χ3v) is 5.36. The molecular formula is C25H19N5O3. The molecule has 0 saturated carbocycles. The van der Waals surface area contributed by atoms with E-state index in [1.807, 2.05) is 43.3 Å². The molecule has 0 bridgehead atoms. The normalized spacial score (nSPS) is 12.7. The molecule has 33 heavy (non-hydrogen) atoms. The first-order valence-electron chi connectivity index (χ1n) is 10.3. The number of aryl methyl sites for hydroxylation is 1. The number of carbonyl (C=O) groups is 3. The molecule has 4 aromatic rings. The lowest BCUT2D eigenvalue weighted by Gasteiger charge is -2.13. The molecule has 0 unspecified atom stereocenters. The number of benzene rings is 2.